The van der Waals surface area contributed by atoms with E-state index in [0.29, 0.717) is 5.75 Å². The molecule has 0 bridgehead atoms. The van der Waals surface area contributed by atoms with E-state index in [-0.39, 0.29) is 10.8 Å². The first-order valence-electron chi connectivity index (χ1n) is 9.11. The Bertz CT molecular complexity index is 726. The van der Waals surface area contributed by atoms with Crippen LogP contribution >= 0.6 is 11.3 Å². The van der Waals surface area contributed by atoms with Gasteiger partial charge in [-0.05, 0) is 42.5 Å². The molecule has 0 atom stereocenters. The molecular formula is C21H30N2OS. The summed E-state index contributed by atoms with van der Waals surface area (Å²) >= 11 is 1.74. The number of aromatic nitrogens is 1. The molecule has 1 N–H and O–H groups in total. The molecule has 4 heteroatoms. The predicted molar refractivity (Wildman–Crippen MR) is 107 cm³/mol. The lowest BCUT2D eigenvalue weighted by Crippen LogP contribution is -2.36. The van der Waals surface area contributed by atoms with Crippen LogP contribution in [0.15, 0.2) is 17.5 Å². The summed E-state index contributed by atoms with van der Waals surface area (Å²) < 4.78 is 0. The van der Waals surface area contributed by atoms with Crippen LogP contribution in [0.3, 0.4) is 0 Å². The Morgan fingerprint density at radius 2 is 1.60 bits per heavy atom. The fourth-order valence-electron chi connectivity index (χ4n) is 3.17. The number of nitrogens with zero attached hydrogens (tertiary/aromatic N) is 2. The van der Waals surface area contributed by atoms with Crippen LogP contribution in [0.4, 0.5) is 0 Å². The highest BCUT2D eigenvalue weighted by atomic mass is 32.1. The lowest BCUT2D eigenvalue weighted by atomic mass is 9.78. The van der Waals surface area contributed by atoms with E-state index in [1.54, 1.807) is 11.3 Å². The zero-order valence-electron chi connectivity index (χ0n) is 16.3. The van der Waals surface area contributed by atoms with E-state index in [1.165, 1.54) is 24.5 Å². The molecule has 0 aliphatic carbocycles. The van der Waals surface area contributed by atoms with Crippen LogP contribution < -0.4 is 0 Å². The lowest BCUT2D eigenvalue weighted by Gasteiger charge is -2.29. The van der Waals surface area contributed by atoms with Crippen molar-refractivity contribution in [2.45, 2.75) is 65.3 Å². The van der Waals surface area contributed by atoms with Crippen LogP contribution in [-0.2, 0) is 17.4 Å². The van der Waals surface area contributed by atoms with E-state index >= 15 is 0 Å². The highest BCUT2D eigenvalue weighted by molar-refractivity contribution is 7.09. The largest absolute Gasteiger partial charge is 0.507 e. The number of phenols is 1. The van der Waals surface area contributed by atoms with Crippen molar-refractivity contribution in [1.82, 2.24) is 9.88 Å². The fourth-order valence-corrected chi connectivity index (χ4v) is 4.02. The molecule has 1 aromatic carbocycles. The van der Waals surface area contributed by atoms with Crippen molar-refractivity contribution in [3.05, 3.63) is 33.6 Å². The van der Waals surface area contributed by atoms with Gasteiger partial charge in [-0.25, -0.2) is 4.98 Å². The van der Waals surface area contributed by atoms with Gasteiger partial charge in [0.25, 0.3) is 0 Å². The van der Waals surface area contributed by atoms with Gasteiger partial charge >= 0.3 is 0 Å². The van der Waals surface area contributed by atoms with Gasteiger partial charge in [-0.3, -0.25) is 4.90 Å². The van der Waals surface area contributed by atoms with E-state index < -0.39 is 0 Å². The Kier molecular flexibility index (Phi) is 4.71. The maximum atomic E-state index is 10.9. The molecular weight excluding hydrogens is 328 g/mol. The van der Waals surface area contributed by atoms with E-state index in [0.717, 1.165) is 28.9 Å². The van der Waals surface area contributed by atoms with Crippen molar-refractivity contribution >= 4 is 11.3 Å². The number of phenolic OH excluding ortho intramolecular Hbond substituents is 1. The molecule has 1 saturated heterocycles. The second-order valence-corrected chi connectivity index (χ2v) is 10.1. The normalized spacial score (nSPS) is 16.1. The number of aromatic hydroxyl groups is 1. The number of rotatable bonds is 3. The summed E-state index contributed by atoms with van der Waals surface area (Å²) in [5.41, 5.74) is 3.89. The predicted octanol–water partition coefficient (Wildman–Crippen LogP) is 5.32. The standard InChI is InChI=1S/C21H30N2OS/c1-20(2,3)15-10-14(11-16(19(15)24)21(4,5)6)17-13-25-18(22-17)12-23-8-7-9-23/h10-11,13,24H,7-9,12H2,1-6H3. The van der Waals surface area contributed by atoms with Gasteiger partial charge in [0.2, 0.25) is 0 Å². The third-order valence-electron chi connectivity index (χ3n) is 4.88. The molecule has 0 spiro atoms. The molecule has 0 saturated carbocycles. The summed E-state index contributed by atoms with van der Waals surface area (Å²) in [6, 6.07) is 4.24. The van der Waals surface area contributed by atoms with Crippen LogP contribution in [0, 0.1) is 0 Å². The van der Waals surface area contributed by atoms with Gasteiger partial charge in [0, 0.05) is 22.1 Å². The Morgan fingerprint density at radius 1 is 1.04 bits per heavy atom. The number of likely N-dealkylation sites (tertiary alicyclic amines) is 1. The molecule has 25 heavy (non-hydrogen) atoms. The minimum atomic E-state index is -0.115. The number of benzene rings is 1. The van der Waals surface area contributed by atoms with Gasteiger partial charge in [0.1, 0.15) is 10.8 Å². The van der Waals surface area contributed by atoms with Gasteiger partial charge in [0.15, 0.2) is 0 Å². The summed E-state index contributed by atoms with van der Waals surface area (Å²) in [5.74, 6) is 0.430. The summed E-state index contributed by atoms with van der Waals surface area (Å²) in [4.78, 5) is 7.30. The van der Waals surface area contributed by atoms with Crippen LogP contribution in [0.25, 0.3) is 11.3 Å². The zero-order valence-corrected chi connectivity index (χ0v) is 17.1. The first kappa shape index (κ1) is 18.4. The molecule has 0 radical (unpaired) electrons. The van der Waals surface area contributed by atoms with Crippen LogP contribution in [0.5, 0.6) is 5.75 Å². The van der Waals surface area contributed by atoms with Crippen LogP contribution in [0.1, 0.15) is 64.1 Å². The summed E-state index contributed by atoms with van der Waals surface area (Å²) in [6.45, 7) is 16.2. The lowest BCUT2D eigenvalue weighted by molar-refractivity contribution is 0.172. The molecule has 0 unspecified atom stereocenters. The third kappa shape index (κ3) is 3.90. The molecule has 2 aromatic rings. The molecule has 3 nitrogen and oxygen atoms in total. The minimum absolute atomic E-state index is 0.115. The highest BCUT2D eigenvalue weighted by Gasteiger charge is 2.27. The molecule has 1 aliphatic rings. The summed E-state index contributed by atoms with van der Waals surface area (Å²) in [7, 11) is 0. The second kappa shape index (κ2) is 6.40. The number of thiazole rings is 1. The number of hydrogen-bond donors (Lipinski definition) is 1. The molecule has 3 rings (SSSR count). The molecule has 1 aromatic heterocycles. The molecule has 2 heterocycles. The van der Waals surface area contributed by atoms with E-state index in [9.17, 15) is 5.11 Å². The fraction of sp³-hybridized carbons (Fsp3) is 0.571. The number of hydrogen-bond acceptors (Lipinski definition) is 4. The van der Waals surface area contributed by atoms with E-state index in [4.69, 9.17) is 4.98 Å². The average molecular weight is 359 g/mol. The van der Waals surface area contributed by atoms with Crippen molar-refractivity contribution in [3.8, 4) is 17.0 Å². The summed E-state index contributed by atoms with van der Waals surface area (Å²) in [6.07, 6.45) is 1.31. The van der Waals surface area contributed by atoms with Crippen LogP contribution in [-0.4, -0.2) is 28.1 Å². The van der Waals surface area contributed by atoms with Crippen molar-refractivity contribution < 1.29 is 5.11 Å². The zero-order chi connectivity index (χ0) is 18.4. The maximum Gasteiger partial charge on any atom is 0.123 e. The quantitative estimate of drug-likeness (QED) is 0.807. The monoisotopic (exact) mass is 358 g/mol. The smallest absolute Gasteiger partial charge is 0.123 e. The van der Waals surface area contributed by atoms with E-state index in [2.05, 4.69) is 64.0 Å². The molecule has 136 valence electrons. The molecule has 0 amide bonds. The van der Waals surface area contributed by atoms with Gasteiger partial charge in [-0.2, -0.15) is 0 Å². The van der Waals surface area contributed by atoms with Crippen LogP contribution in [0.2, 0.25) is 0 Å². The Hall–Kier alpha value is -1.39. The van der Waals surface area contributed by atoms with Crippen molar-refractivity contribution in [3.63, 3.8) is 0 Å². The highest BCUT2D eigenvalue weighted by Crippen LogP contribution is 2.42. The SMILES string of the molecule is CC(C)(C)c1cc(-c2csc(CN3CCC3)n2)cc(C(C)(C)C)c1O. The van der Waals surface area contributed by atoms with Gasteiger partial charge in [-0.15, -0.1) is 11.3 Å². The molecule has 1 fully saturated rings. The van der Waals surface area contributed by atoms with Gasteiger partial charge in [-0.1, -0.05) is 41.5 Å². The Morgan fingerprint density at radius 3 is 2.04 bits per heavy atom. The first-order chi connectivity index (χ1) is 11.6. The third-order valence-corrected chi connectivity index (χ3v) is 5.71. The first-order valence-corrected chi connectivity index (χ1v) is 9.99. The Balaban J connectivity index is 2.03. The Labute approximate surface area is 155 Å². The van der Waals surface area contributed by atoms with Crippen molar-refractivity contribution in [1.29, 1.82) is 0 Å². The second-order valence-electron chi connectivity index (χ2n) is 9.18. The van der Waals surface area contributed by atoms with Gasteiger partial charge < -0.3 is 5.11 Å². The van der Waals surface area contributed by atoms with Crippen molar-refractivity contribution in [2.75, 3.05) is 13.1 Å². The van der Waals surface area contributed by atoms with Crippen molar-refractivity contribution in [2.24, 2.45) is 0 Å². The van der Waals surface area contributed by atoms with Gasteiger partial charge in [0.05, 0.1) is 12.2 Å². The van der Waals surface area contributed by atoms with E-state index in [1.807, 2.05) is 0 Å². The topological polar surface area (TPSA) is 36.4 Å². The maximum absolute atomic E-state index is 10.9. The molecule has 1 aliphatic heterocycles. The average Bonchev–Trinajstić information content (AvgIpc) is 2.89. The minimum Gasteiger partial charge on any atom is -0.507 e. The summed E-state index contributed by atoms with van der Waals surface area (Å²) in [5, 5.41) is 14.2.